The van der Waals surface area contributed by atoms with Crippen LogP contribution in [0.5, 0.6) is 0 Å². The van der Waals surface area contributed by atoms with Gasteiger partial charge >= 0.3 is 0 Å². The summed E-state index contributed by atoms with van der Waals surface area (Å²) in [6.45, 7) is 12.3. The summed E-state index contributed by atoms with van der Waals surface area (Å²) in [5.74, 6) is 0. The monoisotopic (exact) mass is 321 g/mol. The molecule has 0 atom stereocenters. The highest BCUT2D eigenvalue weighted by atomic mass is 28.1. The van der Waals surface area contributed by atoms with Crippen molar-refractivity contribution < 1.29 is 0 Å². The van der Waals surface area contributed by atoms with Gasteiger partial charge in [-0.1, -0.05) is 19.4 Å². The molecule has 0 unspecified atom stereocenters. The van der Waals surface area contributed by atoms with Crippen molar-refractivity contribution in [2.75, 3.05) is 39.3 Å². The van der Waals surface area contributed by atoms with Crippen LogP contribution in [-0.2, 0) is 0 Å². The lowest BCUT2D eigenvalue weighted by atomic mass is 10.0. The van der Waals surface area contributed by atoms with Gasteiger partial charge in [0.2, 0.25) is 0 Å². The van der Waals surface area contributed by atoms with Crippen molar-refractivity contribution >= 4 is 10.2 Å². The molecule has 0 bridgehead atoms. The Kier molecular flexibility index (Phi) is 5.63. The van der Waals surface area contributed by atoms with E-state index in [-0.39, 0.29) is 5.29 Å². The van der Waals surface area contributed by atoms with E-state index in [9.17, 15) is 0 Å². The Balaban J connectivity index is 1.81. The number of piperidine rings is 3. The van der Waals surface area contributed by atoms with Crippen LogP contribution >= 0.6 is 0 Å². The smallest absolute Gasteiger partial charge is 0.0912 e. The number of hydrogen-bond acceptors (Lipinski definition) is 3. The molecule has 3 fully saturated rings. The first-order chi connectivity index (χ1) is 10.7. The fraction of sp³-hybridized carbons (Fsp3) is 0.889. The Morgan fingerprint density at radius 1 is 0.636 bits per heavy atom. The maximum Gasteiger partial charge on any atom is 0.0912 e. The minimum absolute atomic E-state index is 0.193. The van der Waals surface area contributed by atoms with Gasteiger partial charge in [-0.25, -0.2) is 0 Å². The third kappa shape index (κ3) is 3.29. The summed E-state index contributed by atoms with van der Waals surface area (Å²) >= 11 is 0. The molecule has 126 valence electrons. The molecule has 0 radical (unpaired) electrons. The molecule has 3 heterocycles. The molecule has 0 saturated carbocycles. The summed E-state index contributed by atoms with van der Waals surface area (Å²) in [4.78, 5) is 8.26. The fourth-order valence-corrected chi connectivity index (χ4v) is 5.90. The van der Waals surface area contributed by atoms with Gasteiger partial charge in [-0.05, 0) is 71.1 Å². The van der Waals surface area contributed by atoms with Crippen LogP contribution in [0.15, 0.2) is 12.3 Å². The first-order valence-corrected chi connectivity index (χ1v) is 10.7. The highest BCUT2D eigenvalue weighted by Gasteiger charge is 2.42. The van der Waals surface area contributed by atoms with Gasteiger partial charge in [0.05, 0.1) is 15.5 Å². The molecule has 3 saturated heterocycles. The summed E-state index contributed by atoms with van der Waals surface area (Å²) in [6.07, 6.45) is 12.5. The van der Waals surface area contributed by atoms with Crippen LogP contribution in [0.25, 0.3) is 0 Å². The predicted octanol–water partition coefficient (Wildman–Crippen LogP) is 1.98. The Labute approximate surface area is 140 Å². The second-order valence-electron chi connectivity index (χ2n) is 7.61. The van der Waals surface area contributed by atoms with Crippen molar-refractivity contribution in [3.63, 3.8) is 0 Å². The third-order valence-electron chi connectivity index (χ3n) is 6.23. The van der Waals surface area contributed by atoms with E-state index in [1.54, 1.807) is 0 Å². The minimum Gasteiger partial charge on any atom is -0.373 e. The Morgan fingerprint density at radius 2 is 1.00 bits per heavy atom. The zero-order valence-corrected chi connectivity index (χ0v) is 16.7. The average Bonchev–Trinajstić information content (AvgIpc) is 2.62. The predicted molar refractivity (Wildman–Crippen MR) is 98.1 cm³/mol. The van der Waals surface area contributed by atoms with Gasteiger partial charge in [0.1, 0.15) is 0 Å². The molecule has 4 heteroatoms. The van der Waals surface area contributed by atoms with E-state index in [4.69, 9.17) is 0 Å². The van der Waals surface area contributed by atoms with Crippen molar-refractivity contribution in [2.24, 2.45) is 0 Å². The SMILES string of the molecule is C=C(N1CCCCC1)C([SiH3])(N1CCCCC1)N1CCCCC1. The molecule has 0 aromatic heterocycles. The van der Waals surface area contributed by atoms with E-state index in [0.29, 0.717) is 0 Å². The molecule has 0 N–H and O–H groups in total. The lowest BCUT2D eigenvalue weighted by molar-refractivity contribution is -0.0109. The molecule has 0 aliphatic carbocycles. The summed E-state index contributed by atoms with van der Waals surface area (Å²) < 4.78 is 0. The quantitative estimate of drug-likeness (QED) is 0.733. The fourth-order valence-electron chi connectivity index (χ4n) is 4.69. The van der Waals surface area contributed by atoms with E-state index in [0.717, 1.165) is 0 Å². The number of rotatable bonds is 4. The zero-order chi connectivity index (χ0) is 15.4. The molecule has 3 nitrogen and oxygen atoms in total. The summed E-state index contributed by atoms with van der Waals surface area (Å²) in [6, 6.07) is 0. The van der Waals surface area contributed by atoms with Gasteiger partial charge in [-0.2, -0.15) is 0 Å². The van der Waals surface area contributed by atoms with Crippen LogP contribution < -0.4 is 0 Å². The molecule has 0 amide bonds. The summed E-state index contributed by atoms with van der Waals surface area (Å²) in [7, 11) is 1.18. The molecule has 0 spiro atoms. The molecule has 22 heavy (non-hydrogen) atoms. The number of likely N-dealkylation sites (tertiary alicyclic amines) is 3. The van der Waals surface area contributed by atoms with Gasteiger partial charge in [0, 0.05) is 18.8 Å². The van der Waals surface area contributed by atoms with Crippen molar-refractivity contribution in [3.8, 4) is 0 Å². The van der Waals surface area contributed by atoms with Crippen LogP contribution in [0.1, 0.15) is 57.8 Å². The molecule has 3 aliphatic rings. The number of nitrogens with zero attached hydrogens (tertiary/aromatic N) is 3. The lowest BCUT2D eigenvalue weighted by Crippen LogP contribution is -2.66. The van der Waals surface area contributed by atoms with E-state index in [2.05, 4.69) is 21.3 Å². The third-order valence-corrected chi connectivity index (χ3v) is 8.07. The van der Waals surface area contributed by atoms with E-state index < -0.39 is 0 Å². The Morgan fingerprint density at radius 3 is 1.41 bits per heavy atom. The topological polar surface area (TPSA) is 9.72 Å². The zero-order valence-electron chi connectivity index (χ0n) is 14.7. The first kappa shape index (κ1) is 16.5. The van der Waals surface area contributed by atoms with Crippen LogP contribution in [0.2, 0.25) is 0 Å². The van der Waals surface area contributed by atoms with Crippen molar-refractivity contribution in [3.05, 3.63) is 12.3 Å². The van der Waals surface area contributed by atoms with Gasteiger partial charge in [0.15, 0.2) is 0 Å². The molecule has 0 aromatic carbocycles. The van der Waals surface area contributed by atoms with Gasteiger partial charge in [-0.15, -0.1) is 0 Å². The van der Waals surface area contributed by atoms with Crippen molar-refractivity contribution in [1.29, 1.82) is 0 Å². The molecule has 3 rings (SSSR count). The van der Waals surface area contributed by atoms with E-state index in [1.807, 2.05) is 0 Å². The van der Waals surface area contributed by atoms with Gasteiger partial charge in [0.25, 0.3) is 0 Å². The largest absolute Gasteiger partial charge is 0.373 e. The lowest BCUT2D eigenvalue weighted by Gasteiger charge is -2.55. The standard InChI is InChI=1S/C18H35N3Si/c1-17(19-11-5-2-6-12-19)18(22,20-13-7-3-8-14-20)21-15-9-4-10-16-21/h1-16H2,22H3. The highest BCUT2D eigenvalue weighted by molar-refractivity contribution is 6.17. The van der Waals surface area contributed by atoms with Crippen LogP contribution in [0.3, 0.4) is 0 Å². The molecule has 0 aromatic rings. The van der Waals surface area contributed by atoms with Gasteiger partial charge in [-0.3, -0.25) is 9.80 Å². The molecule has 3 aliphatic heterocycles. The van der Waals surface area contributed by atoms with Crippen molar-refractivity contribution in [2.45, 2.75) is 63.1 Å². The second kappa shape index (κ2) is 7.50. The normalized spacial score (nSPS) is 26.3. The number of hydrogen-bond donors (Lipinski definition) is 0. The molecular formula is C18H35N3Si. The van der Waals surface area contributed by atoms with Crippen LogP contribution in [0.4, 0.5) is 0 Å². The maximum atomic E-state index is 4.68. The van der Waals surface area contributed by atoms with E-state index >= 15 is 0 Å². The van der Waals surface area contributed by atoms with Crippen LogP contribution in [-0.4, -0.2) is 69.5 Å². The highest BCUT2D eigenvalue weighted by Crippen LogP contribution is 2.33. The minimum atomic E-state index is 0.193. The average molecular weight is 322 g/mol. The summed E-state index contributed by atoms with van der Waals surface area (Å²) in [5, 5.41) is 0.193. The maximum absolute atomic E-state index is 4.68. The first-order valence-electron chi connectivity index (χ1n) is 9.67. The summed E-state index contributed by atoms with van der Waals surface area (Å²) in [5.41, 5.74) is 1.45. The van der Waals surface area contributed by atoms with Crippen LogP contribution in [0, 0.1) is 0 Å². The second-order valence-corrected chi connectivity index (χ2v) is 9.01. The Hall–Kier alpha value is -0.323. The van der Waals surface area contributed by atoms with E-state index in [1.165, 1.54) is 113 Å². The molecular weight excluding hydrogens is 286 g/mol. The van der Waals surface area contributed by atoms with Gasteiger partial charge < -0.3 is 4.90 Å². The Bertz CT molecular complexity index is 349. The van der Waals surface area contributed by atoms with Crippen molar-refractivity contribution in [1.82, 2.24) is 14.7 Å².